The Morgan fingerprint density at radius 1 is 1.08 bits per heavy atom. The molecule has 2 aliphatic heterocycles. The SMILES string of the molecule is CC(C)(C)OC(=O)N1CCC2(C1)CN(C(=O)c1c(O)cccc1O)C2. The van der Waals surface area contributed by atoms with E-state index < -0.39 is 11.5 Å². The fraction of sp³-hybridized carbons (Fsp3) is 0.556. The van der Waals surface area contributed by atoms with Crippen LogP contribution >= 0.6 is 0 Å². The summed E-state index contributed by atoms with van der Waals surface area (Å²) in [4.78, 5) is 28.0. The van der Waals surface area contributed by atoms with Gasteiger partial charge in [-0.15, -0.1) is 0 Å². The van der Waals surface area contributed by atoms with Crippen molar-refractivity contribution in [1.82, 2.24) is 9.80 Å². The first-order valence-corrected chi connectivity index (χ1v) is 8.38. The van der Waals surface area contributed by atoms with Gasteiger partial charge in [0.2, 0.25) is 0 Å². The molecule has 1 aromatic rings. The van der Waals surface area contributed by atoms with E-state index >= 15 is 0 Å². The molecule has 7 heteroatoms. The highest BCUT2D eigenvalue weighted by molar-refractivity contribution is 6.00. The molecule has 0 unspecified atom stereocenters. The van der Waals surface area contributed by atoms with Gasteiger partial charge in [0.25, 0.3) is 5.91 Å². The van der Waals surface area contributed by atoms with Crippen molar-refractivity contribution < 1.29 is 24.5 Å². The van der Waals surface area contributed by atoms with E-state index in [4.69, 9.17) is 4.74 Å². The second-order valence-electron chi connectivity index (χ2n) is 7.98. The average Bonchev–Trinajstić information content (AvgIpc) is 2.89. The number of carbonyl (C=O) groups is 2. The molecular formula is C18H24N2O5. The maximum Gasteiger partial charge on any atom is 0.410 e. The molecule has 0 atom stereocenters. The number of carbonyl (C=O) groups excluding carboxylic acids is 2. The van der Waals surface area contributed by atoms with Crippen LogP contribution in [0.25, 0.3) is 0 Å². The van der Waals surface area contributed by atoms with Crippen LogP contribution in [0, 0.1) is 5.41 Å². The van der Waals surface area contributed by atoms with E-state index in [1.807, 2.05) is 20.8 Å². The molecule has 1 spiro atoms. The van der Waals surface area contributed by atoms with Crippen molar-refractivity contribution in [2.24, 2.45) is 5.41 Å². The number of aromatic hydroxyl groups is 2. The van der Waals surface area contributed by atoms with Crippen molar-refractivity contribution in [3.05, 3.63) is 23.8 Å². The lowest BCUT2D eigenvalue weighted by Crippen LogP contribution is -2.59. The van der Waals surface area contributed by atoms with Crippen LogP contribution in [-0.2, 0) is 4.74 Å². The van der Waals surface area contributed by atoms with Gasteiger partial charge < -0.3 is 24.7 Å². The van der Waals surface area contributed by atoms with E-state index in [0.717, 1.165) is 6.42 Å². The molecule has 2 saturated heterocycles. The van der Waals surface area contributed by atoms with Gasteiger partial charge in [-0.2, -0.15) is 0 Å². The van der Waals surface area contributed by atoms with E-state index in [2.05, 4.69) is 0 Å². The minimum atomic E-state index is -0.531. The molecule has 0 aromatic heterocycles. The van der Waals surface area contributed by atoms with Gasteiger partial charge in [-0.3, -0.25) is 4.79 Å². The Morgan fingerprint density at radius 3 is 2.20 bits per heavy atom. The van der Waals surface area contributed by atoms with Crippen molar-refractivity contribution in [3.63, 3.8) is 0 Å². The summed E-state index contributed by atoms with van der Waals surface area (Å²) in [7, 11) is 0. The Balaban J connectivity index is 1.61. The van der Waals surface area contributed by atoms with E-state index in [-0.39, 0.29) is 28.6 Å². The van der Waals surface area contributed by atoms with Gasteiger partial charge >= 0.3 is 6.09 Å². The Kier molecular flexibility index (Phi) is 4.05. The van der Waals surface area contributed by atoms with Crippen LogP contribution in [-0.4, -0.2) is 63.8 Å². The number of hydrogen-bond donors (Lipinski definition) is 2. The second kappa shape index (κ2) is 5.82. The highest BCUT2D eigenvalue weighted by atomic mass is 16.6. The molecule has 0 aliphatic carbocycles. The van der Waals surface area contributed by atoms with Gasteiger partial charge in [0.1, 0.15) is 22.7 Å². The minimum absolute atomic E-state index is 0.0701. The summed E-state index contributed by atoms with van der Waals surface area (Å²) in [5.41, 5.74) is -0.719. The van der Waals surface area contributed by atoms with Crippen molar-refractivity contribution in [1.29, 1.82) is 0 Å². The molecule has 2 fully saturated rings. The standard InChI is InChI=1S/C18H24N2O5/c1-17(2,3)25-16(24)19-8-7-18(9-19)10-20(11-18)15(23)14-12(21)5-4-6-13(14)22/h4-6,21-22H,7-11H2,1-3H3. The molecule has 0 saturated carbocycles. The molecular weight excluding hydrogens is 324 g/mol. The van der Waals surface area contributed by atoms with E-state index in [9.17, 15) is 19.8 Å². The fourth-order valence-electron chi connectivity index (χ4n) is 3.49. The molecule has 2 N–H and O–H groups in total. The van der Waals surface area contributed by atoms with Gasteiger partial charge in [-0.25, -0.2) is 4.79 Å². The topological polar surface area (TPSA) is 90.3 Å². The lowest BCUT2D eigenvalue weighted by molar-refractivity contribution is 0.00282. The molecule has 25 heavy (non-hydrogen) atoms. The fourth-order valence-corrected chi connectivity index (χ4v) is 3.49. The van der Waals surface area contributed by atoms with E-state index in [1.54, 1.807) is 9.80 Å². The van der Waals surface area contributed by atoms with Crippen LogP contribution in [0.3, 0.4) is 0 Å². The number of hydrogen-bond acceptors (Lipinski definition) is 5. The number of benzene rings is 1. The van der Waals surface area contributed by atoms with Crippen LogP contribution in [0.4, 0.5) is 4.79 Å². The third-order valence-electron chi connectivity index (χ3n) is 4.66. The highest BCUT2D eigenvalue weighted by Gasteiger charge is 2.51. The average molecular weight is 348 g/mol. The molecule has 136 valence electrons. The zero-order valence-electron chi connectivity index (χ0n) is 14.8. The quantitative estimate of drug-likeness (QED) is 0.812. The molecule has 3 rings (SSSR count). The number of ether oxygens (including phenoxy) is 1. The summed E-state index contributed by atoms with van der Waals surface area (Å²) in [6.07, 6.45) is 0.482. The molecule has 1 aromatic carbocycles. The Labute approximate surface area is 146 Å². The monoisotopic (exact) mass is 348 g/mol. The van der Waals surface area contributed by atoms with Crippen LogP contribution in [0.1, 0.15) is 37.6 Å². The number of likely N-dealkylation sites (tertiary alicyclic amines) is 2. The van der Waals surface area contributed by atoms with Crippen molar-refractivity contribution in [2.75, 3.05) is 26.2 Å². The van der Waals surface area contributed by atoms with Gasteiger partial charge in [0.05, 0.1) is 0 Å². The summed E-state index contributed by atoms with van der Waals surface area (Å²) in [6, 6.07) is 4.24. The summed E-state index contributed by atoms with van der Waals surface area (Å²) < 4.78 is 5.40. The number of rotatable bonds is 1. The zero-order chi connectivity index (χ0) is 18.4. The summed E-state index contributed by atoms with van der Waals surface area (Å²) >= 11 is 0. The molecule has 7 nitrogen and oxygen atoms in total. The summed E-state index contributed by atoms with van der Waals surface area (Å²) in [5.74, 6) is -0.850. The third kappa shape index (κ3) is 3.36. The van der Waals surface area contributed by atoms with Crippen LogP contribution < -0.4 is 0 Å². The van der Waals surface area contributed by atoms with Gasteiger partial charge in [-0.05, 0) is 39.3 Å². The number of phenols is 2. The lowest BCUT2D eigenvalue weighted by atomic mass is 9.78. The van der Waals surface area contributed by atoms with Crippen LogP contribution in [0.2, 0.25) is 0 Å². The second-order valence-corrected chi connectivity index (χ2v) is 7.98. The van der Waals surface area contributed by atoms with E-state index in [1.165, 1.54) is 18.2 Å². The van der Waals surface area contributed by atoms with Gasteiger partial charge in [-0.1, -0.05) is 6.07 Å². The first-order valence-electron chi connectivity index (χ1n) is 8.38. The predicted octanol–water partition coefficient (Wildman–Crippen LogP) is 2.18. The molecule has 2 aliphatic rings. The lowest BCUT2D eigenvalue weighted by Gasteiger charge is -2.48. The largest absolute Gasteiger partial charge is 0.507 e. The number of nitrogens with zero attached hydrogens (tertiary/aromatic N) is 2. The Bertz CT molecular complexity index is 684. The van der Waals surface area contributed by atoms with E-state index in [0.29, 0.717) is 26.2 Å². The third-order valence-corrected chi connectivity index (χ3v) is 4.66. The van der Waals surface area contributed by atoms with Crippen molar-refractivity contribution in [3.8, 4) is 11.5 Å². The number of phenolic OH excluding ortho intramolecular Hbond substituents is 2. The maximum atomic E-state index is 12.5. The van der Waals surface area contributed by atoms with Crippen LogP contribution in [0.5, 0.6) is 11.5 Å². The maximum absolute atomic E-state index is 12.5. The van der Waals surface area contributed by atoms with Gasteiger partial charge in [0, 0.05) is 31.6 Å². The first-order chi connectivity index (χ1) is 11.6. The van der Waals surface area contributed by atoms with Gasteiger partial charge in [0.15, 0.2) is 0 Å². The predicted molar refractivity (Wildman–Crippen MR) is 90.5 cm³/mol. The Morgan fingerprint density at radius 2 is 1.64 bits per heavy atom. The van der Waals surface area contributed by atoms with Crippen LogP contribution in [0.15, 0.2) is 18.2 Å². The molecule has 0 radical (unpaired) electrons. The molecule has 2 heterocycles. The molecule has 2 amide bonds. The minimum Gasteiger partial charge on any atom is -0.507 e. The number of amides is 2. The smallest absolute Gasteiger partial charge is 0.410 e. The zero-order valence-corrected chi connectivity index (χ0v) is 14.8. The first kappa shape index (κ1) is 17.4. The summed E-state index contributed by atoms with van der Waals surface area (Å²) in [5, 5.41) is 19.7. The normalized spacial score (nSPS) is 19.0. The van der Waals surface area contributed by atoms with Crippen molar-refractivity contribution >= 4 is 12.0 Å². The van der Waals surface area contributed by atoms with Crippen molar-refractivity contribution in [2.45, 2.75) is 32.8 Å². The highest BCUT2D eigenvalue weighted by Crippen LogP contribution is 2.41. The Hall–Kier alpha value is -2.44. The summed E-state index contributed by atoms with van der Waals surface area (Å²) in [6.45, 7) is 7.66. The molecule has 0 bridgehead atoms.